The average Bonchev–Trinajstić information content (AvgIpc) is 3.23. The minimum atomic E-state index is -4.39. The lowest BCUT2D eigenvalue weighted by Gasteiger charge is -2.35. The molecule has 0 spiro atoms. The SMILES string of the molecule is FC(F)(F)c1csc(N2CCN(c3nccn4ccnc34)CC2)n1. The Morgan fingerprint density at radius 3 is 2.29 bits per heavy atom. The number of fused-ring (bicyclic) bond motifs is 1. The summed E-state index contributed by atoms with van der Waals surface area (Å²) in [5, 5.41) is 1.48. The van der Waals surface area contributed by atoms with Gasteiger partial charge in [0.1, 0.15) is 0 Å². The van der Waals surface area contributed by atoms with Crippen LogP contribution in [-0.2, 0) is 6.18 Å². The molecule has 0 saturated carbocycles. The van der Waals surface area contributed by atoms with Gasteiger partial charge in [0.2, 0.25) is 0 Å². The molecule has 24 heavy (non-hydrogen) atoms. The zero-order chi connectivity index (χ0) is 16.7. The maximum atomic E-state index is 12.7. The Labute approximate surface area is 139 Å². The van der Waals surface area contributed by atoms with Crippen LogP contribution in [0.25, 0.3) is 5.65 Å². The molecule has 3 aromatic rings. The first-order valence-corrected chi connectivity index (χ1v) is 8.20. The summed E-state index contributed by atoms with van der Waals surface area (Å²) < 4.78 is 39.9. The Kier molecular flexibility index (Phi) is 3.56. The van der Waals surface area contributed by atoms with Gasteiger partial charge in [0.15, 0.2) is 22.3 Å². The van der Waals surface area contributed by atoms with Crippen molar-refractivity contribution in [2.75, 3.05) is 36.0 Å². The van der Waals surface area contributed by atoms with Crippen molar-refractivity contribution < 1.29 is 13.2 Å². The van der Waals surface area contributed by atoms with Crippen LogP contribution in [0.3, 0.4) is 0 Å². The Balaban J connectivity index is 1.49. The smallest absolute Gasteiger partial charge is 0.350 e. The number of hydrogen-bond donors (Lipinski definition) is 0. The predicted molar refractivity (Wildman–Crippen MR) is 84.5 cm³/mol. The first-order chi connectivity index (χ1) is 11.5. The van der Waals surface area contributed by atoms with E-state index < -0.39 is 11.9 Å². The normalized spacial score (nSPS) is 16.1. The third-order valence-corrected chi connectivity index (χ3v) is 4.83. The van der Waals surface area contributed by atoms with Gasteiger partial charge in [-0.25, -0.2) is 15.0 Å². The second kappa shape index (κ2) is 5.62. The van der Waals surface area contributed by atoms with Gasteiger partial charge in [-0.15, -0.1) is 11.3 Å². The van der Waals surface area contributed by atoms with Gasteiger partial charge in [-0.05, 0) is 0 Å². The van der Waals surface area contributed by atoms with Gasteiger partial charge >= 0.3 is 6.18 Å². The lowest BCUT2D eigenvalue weighted by molar-refractivity contribution is -0.140. The van der Waals surface area contributed by atoms with Crippen LogP contribution in [0.5, 0.6) is 0 Å². The van der Waals surface area contributed by atoms with E-state index in [4.69, 9.17) is 0 Å². The molecule has 1 fully saturated rings. The molecule has 1 aliphatic rings. The zero-order valence-corrected chi connectivity index (χ0v) is 13.3. The fourth-order valence-electron chi connectivity index (χ4n) is 2.71. The molecule has 0 amide bonds. The summed E-state index contributed by atoms with van der Waals surface area (Å²) in [5.41, 5.74) is -0.0479. The van der Waals surface area contributed by atoms with Gasteiger partial charge in [0, 0.05) is 56.3 Å². The molecular weight excluding hydrogens is 341 g/mol. The number of alkyl halides is 3. The monoisotopic (exact) mass is 354 g/mol. The van der Waals surface area contributed by atoms with Crippen molar-refractivity contribution in [3.63, 3.8) is 0 Å². The Morgan fingerprint density at radius 1 is 0.958 bits per heavy atom. The largest absolute Gasteiger partial charge is 0.434 e. The van der Waals surface area contributed by atoms with Gasteiger partial charge in [-0.2, -0.15) is 13.2 Å². The molecule has 126 valence electrons. The van der Waals surface area contributed by atoms with Gasteiger partial charge < -0.3 is 14.2 Å². The Bertz CT molecular complexity index is 849. The van der Waals surface area contributed by atoms with Gasteiger partial charge in [0.25, 0.3) is 0 Å². The number of imidazole rings is 1. The van der Waals surface area contributed by atoms with Crippen LogP contribution in [0.4, 0.5) is 24.1 Å². The molecule has 0 aromatic carbocycles. The molecule has 10 heteroatoms. The van der Waals surface area contributed by atoms with Crippen LogP contribution >= 0.6 is 11.3 Å². The van der Waals surface area contributed by atoms with E-state index in [1.165, 1.54) is 0 Å². The average molecular weight is 354 g/mol. The van der Waals surface area contributed by atoms with E-state index in [0.717, 1.165) is 28.2 Å². The molecule has 0 atom stereocenters. The van der Waals surface area contributed by atoms with Crippen molar-refractivity contribution in [2.24, 2.45) is 0 Å². The molecule has 0 radical (unpaired) electrons. The van der Waals surface area contributed by atoms with Crippen molar-refractivity contribution in [1.82, 2.24) is 19.4 Å². The molecule has 3 aromatic heterocycles. The van der Waals surface area contributed by atoms with E-state index in [9.17, 15) is 13.2 Å². The Morgan fingerprint density at radius 2 is 1.62 bits per heavy atom. The summed E-state index contributed by atoms with van der Waals surface area (Å²) in [4.78, 5) is 16.4. The quantitative estimate of drug-likeness (QED) is 0.708. The number of rotatable bonds is 2. The predicted octanol–water partition coefficient (Wildman–Crippen LogP) is 2.53. The topological polar surface area (TPSA) is 49.6 Å². The zero-order valence-electron chi connectivity index (χ0n) is 12.4. The van der Waals surface area contributed by atoms with Gasteiger partial charge in [-0.3, -0.25) is 0 Å². The number of hydrogen-bond acceptors (Lipinski definition) is 6. The molecule has 1 aliphatic heterocycles. The molecular formula is C14H13F3N6S. The van der Waals surface area contributed by atoms with E-state index in [2.05, 4.69) is 19.9 Å². The first-order valence-electron chi connectivity index (χ1n) is 7.33. The summed E-state index contributed by atoms with van der Waals surface area (Å²) in [5.74, 6) is 0.789. The minimum absolute atomic E-state index is 0.411. The number of anilines is 2. The van der Waals surface area contributed by atoms with E-state index in [0.29, 0.717) is 31.3 Å². The number of nitrogens with zero attached hydrogens (tertiary/aromatic N) is 6. The van der Waals surface area contributed by atoms with Crippen LogP contribution in [0.2, 0.25) is 0 Å². The van der Waals surface area contributed by atoms with E-state index in [-0.39, 0.29) is 0 Å². The first kappa shape index (κ1) is 15.2. The lowest BCUT2D eigenvalue weighted by atomic mass is 10.3. The highest BCUT2D eigenvalue weighted by Gasteiger charge is 2.34. The van der Waals surface area contributed by atoms with Crippen molar-refractivity contribution in [3.05, 3.63) is 35.9 Å². The third-order valence-electron chi connectivity index (χ3n) is 3.92. The fraction of sp³-hybridized carbons (Fsp3) is 0.357. The van der Waals surface area contributed by atoms with Crippen LogP contribution in [0.15, 0.2) is 30.2 Å². The number of halogens is 3. The van der Waals surface area contributed by atoms with Crippen molar-refractivity contribution in [3.8, 4) is 0 Å². The molecule has 6 nitrogen and oxygen atoms in total. The third kappa shape index (κ3) is 2.66. The summed E-state index contributed by atoms with van der Waals surface area (Å²) in [6.07, 6.45) is 2.72. The summed E-state index contributed by atoms with van der Waals surface area (Å²) in [6.45, 7) is 2.49. The van der Waals surface area contributed by atoms with Crippen molar-refractivity contribution >= 4 is 27.9 Å². The molecule has 0 N–H and O–H groups in total. The minimum Gasteiger partial charge on any atom is -0.350 e. The van der Waals surface area contributed by atoms with Gasteiger partial charge in [0.05, 0.1) is 0 Å². The highest BCUT2D eigenvalue weighted by atomic mass is 32.1. The maximum absolute atomic E-state index is 12.7. The summed E-state index contributed by atoms with van der Waals surface area (Å²) in [7, 11) is 0. The van der Waals surface area contributed by atoms with Crippen molar-refractivity contribution in [2.45, 2.75) is 6.18 Å². The van der Waals surface area contributed by atoms with E-state index in [1.807, 2.05) is 21.7 Å². The summed E-state index contributed by atoms with van der Waals surface area (Å²) in [6, 6.07) is 0. The van der Waals surface area contributed by atoms with Crippen molar-refractivity contribution in [1.29, 1.82) is 0 Å². The fourth-order valence-corrected chi connectivity index (χ4v) is 3.60. The summed E-state index contributed by atoms with van der Waals surface area (Å²) >= 11 is 1.03. The van der Waals surface area contributed by atoms with E-state index in [1.54, 1.807) is 12.4 Å². The second-order valence-electron chi connectivity index (χ2n) is 5.40. The lowest BCUT2D eigenvalue weighted by Crippen LogP contribution is -2.47. The highest BCUT2D eigenvalue weighted by Crippen LogP contribution is 2.33. The maximum Gasteiger partial charge on any atom is 0.434 e. The molecule has 4 rings (SSSR count). The number of aromatic nitrogens is 4. The highest BCUT2D eigenvalue weighted by molar-refractivity contribution is 7.13. The molecule has 4 heterocycles. The van der Waals surface area contributed by atoms with Gasteiger partial charge in [-0.1, -0.05) is 0 Å². The number of piperazine rings is 1. The molecule has 0 unspecified atom stereocenters. The van der Waals surface area contributed by atoms with E-state index >= 15 is 0 Å². The molecule has 0 aliphatic carbocycles. The van der Waals surface area contributed by atoms with Crippen LogP contribution in [-0.4, -0.2) is 45.5 Å². The van der Waals surface area contributed by atoms with Crippen LogP contribution in [0.1, 0.15) is 5.69 Å². The standard InChI is InChI=1S/C14H13F3N6S/c15-14(16,17)10-9-24-13(20-10)23-7-5-22(6-8-23)12-11-18-1-3-21(11)4-2-19-12/h1-4,9H,5-8H2. The number of thiazole rings is 1. The Hall–Kier alpha value is -2.36. The van der Waals surface area contributed by atoms with Crippen LogP contribution < -0.4 is 9.80 Å². The molecule has 0 bridgehead atoms. The van der Waals surface area contributed by atoms with Crippen LogP contribution in [0, 0.1) is 0 Å². The second-order valence-corrected chi connectivity index (χ2v) is 6.23. The molecule has 1 saturated heterocycles.